The molecule has 3 aromatic rings. The number of epoxide rings is 1. The predicted molar refractivity (Wildman–Crippen MR) is 133 cm³/mol. The van der Waals surface area contributed by atoms with Gasteiger partial charge in [0.15, 0.2) is 12.2 Å². The van der Waals surface area contributed by atoms with Crippen LogP contribution in [0.4, 0.5) is 0 Å². The molecule has 0 amide bonds. The highest BCUT2D eigenvalue weighted by molar-refractivity contribution is 5.91. The molecule has 0 unspecified atom stereocenters. The molecule has 1 aliphatic heterocycles. The van der Waals surface area contributed by atoms with Crippen LogP contribution in [0, 0.1) is 5.92 Å². The number of hydrogen-bond donors (Lipinski definition) is 0. The summed E-state index contributed by atoms with van der Waals surface area (Å²) in [5.41, 5.74) is 9.79. The van der Waals surface area contributed by atoms with Crippen molar-refractivity contribution in [2.45, 2.75) is 30.5 Å². The second-order valence-corrected chi connectivity index (χ2v) is 8.85. The van der Waals surface area contributed by atoms with Gasteiger partial charge in [-0.05, 0) is 41.9 Å². The first kappa shape index (κ1) is 25.0. The van der Waals surface area contributed by atoms with Crippen LogP contribution in [0.2, 0.25) is 0 Å². The van der Waals surface area contributed by atoms with Gasteiger partial charge in [0.25, 0.3) is 0 Å². The van der Waals surface area contributed by atoms with Gasteiger partial charge in [0.1, 0.15) is 12.2 Å². The van der Waals surface area contributed by atoms with E-state index in [0.29, 0.717) is 5.56 Å². The molecule has 38 heavy (non-hydrogen) atoms. The van der Waals surface area contributed by atoms with E-state index in [9.17, 15) is 14.4 Å². The monoisotopic (exact) mass is 513 g/mol. The van der Waals surface area contributed by atoms with Crippen molar-refractivity contribution < 1.29 is 33.3 Å². The maximum Gasteiger partial charge on any atom is 0.338 e. The van der Waals surface area contributed by atoms with Gasteiger partial charge in [-0.15, -0.1) is 0 Å². The molecular formula is C28H23N3O7. The number of nitrogens with zero attached hydrogens (tertiary/aromatic N) is 3. The van der Waals surface area contributed by atoms with Crippen molar-refractivity contribution in [2.24, 2.45) is 11.0 Å². The smallest absolute Gasteiger partial charge is 0.338 e. The van der Waals surface area contributed by atoms with Crippen LogP contribution in [0.25, 0.3) is 10.4 Å². The molecule has 2 fully saturated rings. The number of rotatable bonds is 8. The fourth-order valence-corrected chi connectivity index (χ4v) is 4.61. The van der Waals surface area contributed by atoms with Gasteiger partial charge in [-0.2, -0.15) is 0 Å². The topological polar surface area (TPSA) is 140 Å². The largest absolute Gasteiger partial charge is 0.454 e. The summed E-state index contributed by atoms with van der Waals surface area (Å²) in [6, 6.07) is 24.9. The average molecular weight is 514 g/mol. The number of carbonyl (C=O) groups is 3. The van der Waals surface area contributed by atoms with E-state index in [2.05, 4.69) is 10.0 Å². The van der Waals surface area contributed by atoms with E-state index in [1.165, 1.54) is 0 Å². The highest BCUT2D eigenvalue weighted by atomic mass is 16.7. The highest BCUT2D eigenvalue weighted by Gasteiger charge is 2.65. The predicted octanol–water partition coefficient (Wildman–Crippen LogP) is 4.37. The quantitative estimate of drug-likeness (QED) is 0.109. The third-order valence-corrected chi connectivity index (χ3v) is 6.49. The molecule has 6 atom stereocenters. The summed E-state index contributed by atoms with van der Waals surface area (Å²) in [5.74, 6) is -2.65. The summed E-state index contributed by atoms with van der Waals surface area (Å²) in [6.07, 6.45) is -4.60. The Morgan fingerprint density at radius 1 is 0.658 bits per heavy atom. The Morgan fingerprint density at radius 3 is 1.53 bits per heavy atom. The summed E-state index contributed by atoms with van der Waals surface area (Å²) in [5, 5.41) is 3.67. The van der Waals surface area contributed by atoms with Crippen LogP contribution in [-0.2, 0) is 18.9 Å². The number of carbonyl (C=O) groups excluding carboxylic acids is 3. The Morgan fingerprint density at radius 2 is 1.08 bits per heavy atom. The molecule has 0 bridgehead atoms. The summed E-state index contributed by atoms with van der Waals surface area (Å²) < 4.78 is 23.4. The molecule has 1 heterocycles. The van der Waals surface area contributed by atoms with Crippen LogP contribution < -0.4 is 0 Å². The molecule has 1 aliphatic carbocycles. The van der Waals surface area contributed by atoms with Gasteiger partial charge in [0, 0.05) is 17.4 Å². The van der Waals surface area contributed by atoms with Crippen LogP contribution in [0.15, 0.2) is 96.1 Å². The first-order valence-corrected chi connectivity index (χ1v) is 12.0. The van der Waals surface area contributed by atoms with Gasteiger partial charge in [-0.25, -0.2) is 14.4 Å². The molecule has 0 spiro atoms. The van der Waals surface area contributed by atoms with Crippen molar-refractivity contribution in [3.8, 4) is 0 Å². The fraction of sp³-hybridized carbons (Fsp3) is 0.250. The number of azide groups is 1. The second kappa shape index (κ2) is 11.2. The van der Waals surface area contributed by atoms with Crippen LogP contribution in [-0.4, -0.2) is 55.0 Å². The van der Waals surface area contributed by atoms with E-state index in [1.807, 2.05) is 0 Å². The lowest BCUT2D eigenvalue weighted by Crippen LogP contribution is -2.57. The third kappa shape index (κ3) is 5.36. The van der Waals surface area contributed by atoms with Gasteiger partial charge in [0.05, 0.1) is 22.8 Å². The molecular weight excluding hydrogens is 490 g/mol. The number of fused-ring (bicyclic) bond motifs is 1. The lowest BCUT2D eigenvalue weighted by molar-refractivity contribution is -0.115. The first-order chi connectivity index (χ1) is 18.6. The highest BCUT2D eigenvalue weighted by Crippen LogP contribution is 2.45. The van der Waals surface area contributed by atoms with E-state index in [4.69, 9.17) is 24.5 Å². The third-order valence-electron chi connectivity index (χ3n) is 6.49. The summed E-state index contributed by atoms with van der Waals surface area (Å²) in [7, 11) is 0. The number of ether oxygens (including phenoxy) is 4. The van der Waals surface area contributed by atoms with Gasteiger partial charge in [-0.3, -0.25) is 0 Å². The minimum absolute atomic E-state index is 0.0802. The van der Waals surface area contributed by atoms with Crippen LogP contribution in [0.3, 0.4) is 0 Å². The lowest BCUT2D eigenvalue weighted by atomic mass is 9.82. The standard InChI is InChI=1S/C28H23N3O7/c29-31-30-16-20-21-23(35-21)25(38-28(34)19-14-8-3-9-15-19)24(37-27(33)18-12-6-2-7-13-18)22(20)36-26(32)17-10-4-1-5-11-17/h1-15,20-25H,16H2/t20-,21+,22+,23+,24-,25-/m0/s1. The normalized spacial score (nSPS) is 25.2. The van der Waals surface area contributed by atoms with Crippen LogP contribution in [0.5, 0.6) is 0 Å². The van der Waals surface area contributed by atoms with Crippen molar-refractivity contribution >= 4 is 17.9 Å². The zero-order valence-electron chi connectivity index (χ0n) is 20.0. The Kier molecular flexibility index (Phi) is 7.35. The molecule has 0 aromatic heterocycles. The second-order valence-electron chi connectivity index (χ2n) is 8.85. The number of benzene rings is 3. The molecule has 10 nitrogen and oxygen atoms in total. The number of esters is 3. The van der Waals surface area contributed by atoms with Crippen molar-refractivity contribution in [3.05, 3.63) is 118 Å². The van der Waals surface area contributed by atoms with Crippen molar-refractivity contribution in [2.75, 3.05) is 6.54 Å². The van der Waals surface area contributed by atoms with E-state index >= 15 is 0 Å². The summed E-state index contributed by atoms with van der Waals surface area (Å²) in [6.45, 7) is -0.0802. The van der Waals surface area contributed by atoms with Gasteiger partial charge in [0.2, 0.25) is 0 Å². The molecule has 0 N–H and O–H groups in total. The Balaban J connectivity index is 1.49. The van der Waals surface area contributed by atoms with Crippen molar-refractivity contribution in [1.82, 2.24) is 0 Å². The van der Waals surface area contributed by atoms with Crippen LogP contribution in [0.1, 0.15) is 31.1 Å². The van der Waals surface area contributed by atoms with Gasteiger partial charge in [-0.1, -0.05) is 59.7 Å². The van der Waals surface area contributed by atoms with E-state index in [0.717, 1.165) is 0 Å². The maximum absolute atomic E-state index is 13.1. The van der Waals surface area contributed by atoms with E-state index in [-0.39, 0.29) is 17.7 Å². The zero-order valence-corrected chi connectivity index (χ0v) is 20.0. The number of hydrogen-bond acceptors (Lipinski definition) is 8. The molecule has 2 aliphatic rings. The summed E-state index contributed by atoms with van der Waals surface area (Å²) in [4.78, 5) is 42.0. The van der Waals surface area contributed by atoms with Gasteiger partial charge < -0.3 is 18.9 Å². The Bertz CT molecular complexity index is 1350. The molecule has 10 heteroatoms. The fourth-order valence-electron chi connectivity index (χ4n) is 4.61. The van der Waals surface area contributed by atoms with Crippen molar-refractivity contribution in [3.63, 3.8) is 0 Å². The molecule has 3 aromatic carbocycles. The molecule has 192 valence electrons. The maximum atomic E-state index is 13.1. The minimum Gasteiger partial charge on any atom is -0.454 e. The lowest BCUT2D eigenvalue weighted by Gasteiger charge is -2.38. The molecule has 1 saturated carbocycles. The zero-order chi connectivity index (χ0) is 26.5. The van der Waals surface area contributed by atoms with E-state index in [1.54, 1.807) is 91.0 Å². The first-order valence-electron chi connectivity index (χ1n) is 12.0. The molecule has 0 radical (unpaired) electrons. The van der Waals surface area contributed by atoms with Crippen LogP contribution >= 0.6 is 0 Å². The SMILES string of the molecule is [N-]=[N+]=NC[C@@H]1[C@@H](OC(=O)c2ccccc2)[C@H](OC(=O)c2ccccc2)[C@@H](OC(=O)c2ccccc2)[C@@H]2O[C@H]12. The van der Waals surface area contributed by atoms with Gasteiger partial charge >= 0.3 is 17.9 Å². The summed E-state index contributed by atoms with van der Waals surface area (Å²) >= 11 is 0. The Labute approximate surface area is 217 Å². The Hall–Kier alpha value is -4.66. The van der Waals surface area contributed by atoms with Crippen molar-refractivity contribution in [1.29, 1.82) is 0 Å². The van der Waals surface area contributed by atoms with E-state index < -0.39 is 54.3 Å². The minimum atomic E-state index is -1.23. The molecule has 5 rings (SSSR count). The average Bonchev–Trinajstić information content (AvgIpc) is 3.76. The molecule has 1 saturated heterocycles.